The van der Waals surface area contributed by atoms with Crippen LogP contribution in [0, 0.1) is 5.82 Å². The first-order chi connectivity index (χ1) is 9.13. The number of nitrogens with one attached hydrogen (secondary N) is 1. The van der Waals surface area contributed by atoms with E-state index in [1.807, 2.05) is 0 Å². The predicted molar refractivity (Wildman–Crippen MR) is 74.4 cm³/mol. The van der Waals surface area contributed by atoms with E-state index in [9.17, 15) is 9.18 Å². The zero-order valence-electron chi connectivity index (χ0n) is 9.78. The van der Waals surface area contributed by atoms with E-state index in [1.54, 1.807) is 36.4 Å². The molecule has 2 aromatic rings. The lowest BCUT2D eigenvalue weighted by Gasteiger charge is -1.99. The number of hydrogen-bond acceptors (Lipinski definition) is 1. The molecule has 1 amide bonds. The van der Waals surface area contributed by atoms with Gasteiger partial charge >= 0.3 is 0 Å². The Hall–Kier alpha value is -2.13. The molecule has 2 aromatic carbocycles. The third-order valence-electron chi connectivity index (χ3n) is 2.95. The topological polar surface area (TPSA) is 29.1 Å². The highest BCUT2D eigenvalue weighted by Crippen LogP contribution is 2.33. The molecule has 0 bridgehead atoms. The molecule has 0 radical (unpaired) electrons. The van der Waals surface area contributed by atoms with Gasteiger partial charge in [-0.3, -0.25) is 4.79 Å². The van der Waals surface area contributed by atoms with Gasteiger partial charge in [0.15, 0.2) is 0 Å². The van der Waals surface area contributed by atoms with Gasteiger partial charge < -0.3 is 5.32 Å². The van der Waals surface area contributed by atoms with Gasteiger partial charge in [-0.05, 0) is 42.0 Å². The van der Waals surface area contributed by atoms with E-state index in [0.29, 0.717) is 21.8 Å². The Labute approximate surface area is 114 Å². The van der Waals surface area contributed by atoms with Crippen LogP contribution in [0.25, 0.3) is 11.6 Å². The summed E-state index contributed by atoms with van der Waals surface area (Å²) in [6.45, 7) is 0. The smallest absolute Gasteiger partial charge is 0.256 e. The van der Waals surface area contributed by atoms with Gasteiger partial charge in [-0.25, -0.2) is 4.39 Å². The highest BCUT2D eigenvalue weighted by molar-refractivity contribution is 6.35. The largest absolute Gasteiger partial charge is 0.321 e. The summed E-state index contributed by atoms with van der Waals surface area (Å²) in [5.41, 5.74) is 2.51. The molecule has 0 saturated carbocycles. The van der Waals surface area contributed by atoms with Crippen LogP contribution in [0.3, 0.4) is 0 Å². The van der Waals surface area contributed by atoms with Crippen LogP contribution in [-0.2, 0) is 4.79 Å². The molecule has 94 valence electrons. The van der Waals surface area contributed by atoms with E-state index in [2.05, 4.69) is 5.32 Å². The molecule has 0 fully saturated rings. The first kappa shape index (κ1) is 11.9. The van der Waals surface area contributed by atoms with Gasteiger partial charge in [0.05, 0.1) is 0 Å². The summed E-state index contributed by atoms with van der Waals surface area (Å²) >= 11 is 5.81. The fourth-order valence-corrected chi connectivity index (χ4v) is 2.16. The zero-order chi connectivity index (χ0) is 13.4. The van der Waals surface area contributed by atoms with E-state index >= 15 is 0 Å². The standard InChI is InChI=1S/C15H9ClFNO/c16-10-3-1-9(2-4-10)7-13-12-8-11(17)5-6-14(12)18-15(13)19/h1-8H,(H,18,19). The highest BCUT2D eigenvalue weighted by atomic mass is 35.5. The van der Waals surface area contributed by atoms with Gasteiger partial charge in [0.25, 0.3) is 5.91 Å². The summed E-state index contributed by atoms with van der Waals surface area (Å²) in [5, 5.41) is 3.34. The normalized spacial score (nSPS) is 15.5. The minimum absolute atomic E-state index is 0.226. The second-order valence-electron chi connectivity index (χ2n) is 4.25. The maximum Gasteiger partial charge on any atom is 0.256 e. The molecule has 0 saturated heterocycles. The van der Waals surface area contributed by atoms with E-state index in [1.165, 1.54) is 12.1 Å². The Bertz CT molecular complexity index is 692. The molecule has 0 aromatic heterocycles. The number of benzene rings is 2. The van der Waals surface area contributed by atoms with Crippen LogP contribution in [0.1, 0.15) is 11.1 Å². The van der Waals surface area contributed by atoms with Gasteiger partial charge in [-0.2, -0.15) is 0 Å². The molecule has 0 atom stereocenters. The lowest BCUT2D eigenvalue weighted by molar-refractivity contribution is -0.110. The lowest BCUT2D eigenvalue weighted by atomic mass is 10.0. The predicted octanol–water partition coefficient (Wildman–Crippen LogP) is 3.97. The van der Waals surface area contributed by atoms with Crippen molar-refractivity contribution in [3.05, 3.63) is 64.4 Å². The number of hydrogen-bond donors (Lipinski definition) is 1. The molecule has 1 heterocycles. The van der Waals surface area contributed by atoms with Crippen LogP contribution in [0.2, 0.25) is 5.02 Å². The van der Waals surface area contributed by atoms with Crippen molar-refractivity contribution in [2.75, 3.05) is 5.32 Å². The third-order valence-corrected chi connectivity index (χ3v) is 3.20. The summed E-state index contributed by atoms with van der Waals surface area (Å²) in [6.07, 6.45) is 1.72. The van der Waals surface area contributed by atoms with Crippen LogP contribution in [-0.4, -0.2) is 5.91 Å². The second kappa shape index (κ2) is 4.52. The average molecular weight is 274 g/mol. The molecule has 0 spiro atoms. The van der Waals surface area contributed by atoms with Crippen molar-refractivity contribution in [2.45, 2.75) is 0 Å². The quantitative estimate of drug-likeness (QED) is 0.783. The summed E-state index contributed by atoms with van der Waals surface area (Å²) in [7, 11) is 0. The van der Waals surface area contributed by atoms with E-state index < -0.39 is 0 Å². The monoisotopic (exact) mass is 273 g/mol. The molecule has 2 nitrogen and oxygen atoms in total. The maximum atomic E-state index is 13.3. The van der Waals surface area contributed by atoms with Gasteiger partial charge in [-0.15, -0.1) is 0 Å². The van der Waals surface area contributed by atoms with Gasteiger partial charge in [0.2, 0.25) is 0 Å². The molecule has 1 N–H and O–H groups in total. The number of halogens is 2. The van der Waals surface area contributed by atoms with Crippen molar-refractivity contribution in [3.63, 3.8) is 0 Å². The lowest BCUT2D eigenvalue weighted by Crippen LogP contribution is -2.03. The molecular weight excluding hydrogens is 265 g/mol. The summed E-state index contributed by atoms with van der Waals surface area (Å²) in [6, 6.07) is 11.3. The summed E-state index contributed by atoms with van der Waals surface area (Å²) in [5.74, 6) is -0.590. The van der Waals surface area contributed by atoms with E-state index in [4.69, 9.17) is 11.6 Å². The Morgan fingerprint density at radius 2 is 1.84 bits per heavy atom. The van der Waals surface area contributed by atoms with Crippen molar-refractivity contribution < 1.29 is 9.18 Å². The van der Waals surface area contributed by atoms with Crippen molar-refractivity contribution in [3.8, 4) is 0 Å². The van der Waals surface area contributed by atoms with Crippen LogP contribution < -0.4 is 5.32 Å². The minimum atomic E-state index is -0.364. The molecule has 1 aliphatic heterocycles. The van der Waals surface area contributed by atoms with Crippen LogP contribution >= 0.6 is 11.6 Å². The maximum absolute atomic E-state index is 13.3. The van der Waals surface area contributed by atoms with Crippen LogP contribution in [0.4, 0.5) is 10.1 Å². The van der Waals surface area contributed by atoms with E-state index in [0.717, 1.165) is 5.56 Å². The van der Waals surface area contributed by atoms with Crippen molar-refractivity contribution in [2.24, 2.45) is 0 Å². The van der Waals surface area contributed by atoms with Gasteiger partial charge in [0.1, 0.15) is 5.82 Å². The number of fused-ring (bicyclic) bond motifs is 1. The fraction of sp³-hybridized carbons (Fsp3) is 0. The molecule has 19 heavy (non-hydrogen) atoms. The van der Waals surface area contributed by atoms with Crippen LogP contribution in [0.15, 0.2) is 42.5 Å². The Kier molecular flexibility index (Phi) is 2.84. The zero-order valence-corrected chi connectivity index (χ0v) is 10.5. The molecule has 0 unspecified atom stereocenters. The molecule has 1 aliphatic rings. The molecular formula is C15H9ClFNO. The Morgan fingerprint density at radius 1 is 1.11 bits per heavy atom. The summed E-state index contributed by atoms with van der Waals surface area (Å²) in [4.78, 5) is 11.9. The average Bonchev–Trinajstić information content (AvgIpc) is 2.69. The van der Waals surface area contributed by atoms with Gasteiger partial charge in [-0.1, -0.05) is 23.7 Å². The van der Waals surface area contributed by atoms with Crippen LogP contribution in [0.5, 0.6) is 0 Å². The number of carbonyl (C=O) groups excluding carboxylic acids is 1. The fourth-order valence-electron chi connectivity index (χ4n) is 2.03. The highest BCUT2D eigenvalue weighted by Gasteiger charge is 2.24. The third kappa shape index (κ3) is 2.25. The SMILES string of the molecule is O=C1Nc2ccc(F)cc2C1=Cc1ccc(Cl)cc1. The van der Waals surface area contributed by atoms with Crippen molar-refractivity contribution in [1.82, 2.24) is 0 Å². The van der Waals surface area contributed by atoms with Gasteiger partial charge in [0, 0.05) is 21.8 Å². The molecule has 4 heteroatoms. The second-order valence-corrected chi connectivity index (χ2v) is 4.69. The molecule has 0 aliphatic carbocycles. The van der Waals surface area contributed by atoms with Crippen molar-refractivity contribution in [1.29, 1.82) is 0 Å². The number of anilines is 1. The first-order valence-electron chi connectivity index (χ1n) is 5.72. The minimum Gasteiger partial charge on any atom is -0.321 e. The Balaban J connectivity index is 2.08. The Morgan fingerprint density at radius 3 is 2.58 bits per heavy atom. The first-order valence-corrected chi connectivity index (χ1v) is 6.10. The molecule has 3 rings (SSSR count). The number of amides is 1. The summed E-state index contributed by atoms with van der Waals surface area (Å²) < 4.78 is 13.3. The van der Waals surface area contributed by atoms with Crippen molar-refractivity contribution >= 4 is 34.8 Å². The number of carbonyl (C=O) groups is 1. The number of rotatable bonds is 1. The van der Waals surface area contributed by atoms with E-state index in [-0.39, 0.29) is 11.7 Å².